The lowest BCUT2D eigenvalue weighted by molar-refractivity contribution is -0.119. The van der Waals surface area contributed by atoms with Crippen LogP contribution in [0.5, 0.6) is 0 Å². The molecular formula is C22H27NO2S. The smallest absolute Gasteiger partial charge is 0.162 e. The van der Waals surface area contributed by atoms with E-state index in [1.165, 1.54) is 4.88 Å². The summed E-state index contributed by atoms with van der Waals surface area (Å²) in [5.74, 6) is 0.222. The Balaban J connectivity index is 1.90. The van der Waals surface area contributed by atoms with Crippen molar-refractivity contribution in [3.63, 3.8) is 0 Å². The Hall–Kier alpha value is -1.68. The van der Waals surface area contributed by atoms with Crippen LogP contribution in [-0.2, 0) is 9.59 Å². The molecule has 0 bridgehead atoms. The van der Waals surface area contributed by atoms with Crippen LogP contribution in [-0.4, -0.2) is 11.6 Å². The Labute approximate surface area is 159 Å². The molecule has 1 aromatic rings. The number of hydrogen-bond donors (Lipinski definition) is 1. The summed E-state index contributed by atoms with van der Waals surface area (Å²) in [6.07, 6.45) is 2.83. The highest BCUT2D eigenvalue weighted by atomic mass is 32.1. The summed E-state index contributed by atoms with van der Waals surface area (Å²) in [7, 11) is 0. The first kappa shape index (κ1) is 17.7. The summed E-state index contributed by atoms with van der Waals surface area (Å²) in [5, 5.41) is 3.56. The van der Waals surface area contributed by atoms with Crippen LogP contribution in [0.3, 0.4) is 0 Å². The Morgan fingerprint density at radius 1 is 0.885 bits per heavy atom. The molecule has 4 rings (SSSR count). The van der Waals surface area contributed by atoms with Crippen LogP contribution in [0.25, 0.3) is 0 Å². The predicted molar refractivity (Wildman–Crippen MR) is 105 cm³/mol. The van der Waals surface area contributed by atoms with E-state index in [1.807, 2.05) is 0 Å². The van der Waals surface area contributed by atoms with E-state index in [4.69, 9.17) is 0 Å². The summed E-state index contributed by atoms with van der Waals surface area (Å²) < 4.78 is 0. The molecule has 26 heavy (non-hydrogen) atoms. The van der Waals surface area contributed by atoms with Gasteiger partial charge in [0.25, 0.3) is 0 Å². The van der Waals surface area contributed by atoms with Crippen molar-refractivity contribution in [2.24, 2.45) is 10.8 Å². The van der Waals surface area contributed by atoms with Gasteiger partial charge in [0.15, 0.2) is 11.6 Å². The maximum atomic E-state index is 13.1. The lowest BCUT2D eigenvalue weighted by atomic mass is 9.65. The monoisotopic (exact) mass is 369 g/mol. The quantitative estimate of drug-likeness (QED) is 0.755. The molecule has 2 heterocycles. The van der Waals surface area contributed by atoms with E-state index >= 15 is 0 Å². The lowest BCUT2D eigenvalue weighted by Crippen LogP contribution is -2.42. The second kappa shape index (κ2) is 5.66. The number of carbonyl (C=O) groups is 2. The van der Waals surface area contributed by atoms with Crippen molar-refractivity contribution < 1.29 is 9.59 Å². The largest absolute Gasteiger partial charge is 0.362 e. The fourth-order valence-electron chi connectivity index (χ4n) is 4.78. The van der Waals surface area contributed by atoms with Crippen LogP contribution in [0, 0.1) is 17.8 Å². The van der Waals surface area contributed by atoms with E-state index in [9.17, 15) is 9.59 Å². The molecule has 3 nitrogen and oxygen atoms in total. The standard InChI is InChI=1S/C22H27NO2S/c1-12-6-7-17(26-12)20-18-13(8-21(2,3)10-15(18)24)23-14-9-22(4,5)11-16(25)19(14)20/h6-7,20,23H,8-11H2,1-5H3. The third-order valence-electron chi connectivity index (χ3n) is 5.76. The lowest BCUT2D eigenvalue weighted by Gasteiger charge is -2.43. The van der Waals surface area contributed by atoms with Crippen molar-refractivity contribution in [2.75, 3.05) is 0 Å². The molecule has 1 N–H and O–H groups in total. The zero-order valence-corrected chi connectivity index (χ0v) is 17.1. The summed E-state index contributed by atoms with van der Waals surface area (Å²) in [6, 6.07) is 4.20. The molecule has 3 aliphatic rings. The van der Waals surface area contributed by atoms with Crippen molar-refractivity contribution >= 4 is 22.9 Å². The highest BCUT2D eigenvalue weighted by Crippen LogP contribution is 2.51. The van der Waals surface area contributed by atoms with Crippen LogP contribution in [0.4, 0.5) is 0 Å². The number of allylic oxidation sites excluding steroid dienone is 4. The van der Waals surface area contributed by atoms with Crippen molar-refractivity contribution in [3.05, 3.63) is 44.4 Å². The highest BCUT2D eigenvalue weighted by molar-refractivity contribution is 7.12. The fraction of sp³-hybridized carbons (Fsp3) is 0.545. The normalized spacial score (nSPS) is 25.1. The van der Waals surface area contributed by atoms with Crippen LogP contribution < -0.4 is 5.32 Å². The molecule has 0 atom stereocenters. The summed E-state index contributed by atoms with van der Waals surface area (Å²) >= 11 is 1.71. The van der Waals surface area contributed by atoms with Crippen LogP contribution in [0.1, 0.15) is 69.1 Å². The molecule has 138 valence electrons. The Kier molecular flexibility index (Phi) is 3.85. The van der Waals surface area contributed by atoms with Gasteiger partial charge in [0.05, 0.1) is 5.92 Å². The first-order valence-electron chi connectivity index (χ1n) is 9.42. The van der Waals surface area contributed by atoms with Gasteiger partial charge in [0, 0.05) is 45.1 Å². The molecule has 0 fully saturated rings. The van der Waals surface area contributed by atoms with E-state index in [1.54, 1.807) is 11.3 Å². The van der Waals surface area contributed by atoms with Crippen LogP contribution in [0.15, 0.2) is 34.7 Å². The van der Waals surface area contributed by atoms with Gasteiger partial charge in [-0.25, -0.2) is 0 Å². The number of nitrogens with one attached hydrogen (secondary N) is 1. The number of hydrogen-bond acceptors (Lipinski definition) is 4. The molecule has 0 radical (unpaired) electrons. The number of carbonyl (C=O) groups excluding carboxylic acids is 2. The molecule has 0 spiro atoms. The maximum Gasteiger partial charge on any atom is 0.162 e. The first-order chi connectivity index (χ1) is 12.1. The average molecular weight is 370 g/mol. The van der Waals surface area contributed by atoms with E-state index < -0.39 is 0 Å². The van der Waals surface area contributed by atoms with Crippen LogP contribution >= 0.6 is 11.3 Å². The maximum absolute atomic E-state index is 13.1. The van der Waals surface area contributed by atoms with Crippen molar-refractivity contribution in [3.8, 4) is 0 Å². The van der Waals surface area contributed by atoms with Crippen molar-refractivity contribution in [1.82, 2.24) is 5.32 Å². The van der Waals surface area contributed by atoms with Crippen molar-refractivity contribution in [1.29, 1.82) is 0 Å². The fourth-order valence-corrected chi connectivity index (χ4v) is 5.78. The Morgan fingerprint density at radius 2 is 1.38 bits per heavy atom. The first-order valence-corrected chi connectivity index (χ1v) is 10.2. The van der Waals surface area contributed by atoms with Gasteiger partial charge in [-0.2, -0.15) is 0 Å². The number of aryl methyl sites for hydroxylation is 1. The molecule has 4 heteroatoms. The number of ketones is 2. The molecular weight excluding hydrogens is 342 g/mol. The minimum absolute atomic E-state index is 0.0366. The zero-order valence-electron chi connectivity index (χ0n) is 16.3. The van der Waals surface area contributed by atoms with Gasteiger partial charge < -0.3 is 5.32 Å². The number of dihydropyridines is 1. The molecule has 0 saturated carbocycles. The van der Waals surface area contributed by atoms with Gasteiger partial charge in [-0.05, 0) is 42.7 Å². The van der Waals surface area contributed by atoms with Crippen LogP contribution in [0.2, 0.25) is 0 Å². The molecule has 1 aliphatic heterocycles. The SMILES string of the molecule is Cc1ccc(C2C3=C(CC(C)(C)CC3=O)NC3=C2C(=O)CC(C)(C)C3)s1. The number of Topliss-reactive ketones (excluding diaryl/α,β-unsaturated/α-hetero) is 2. The minimum Gasteiger partial charge on any atom is -0.362 e. The van der Waals surface area contributed by atoms with Gasteiger partial charge in [-0.1, -0.05) is 27.7 Å². The zero-order chi connectivity index (χ0) is 18.9. The average Bonchev–Trinajstić information content (AvgIpc) is 2.88. The van der Waals surface area contributed by atoms with Crippen molar-refractivity contribution in [2.45, 2.75) is 66.2 Å². The predicted octanol–water partition coefficient (Wildman–Crippen LogP) is 5.03. The second-order valence-corrected chi connectivity index (χ2v) is 11.0. The van der Waals surface area contributed by atoms with E-state index in [0.717, 1.165) is 40.3 Å². The van der Waals surface area contributed by atoms with E-state index in [0.29, 0.717) is 12.8 Å². The van der Waals surface area contributed by atoms with E-state index in [2.05, 4.69) is 52.1 Å². The number of thiophene rings is 1. The molecule has 0 unspecified atom stereocenters. The molecule has 1 aromatic heterocycles. The van der Waals surface area contributed by atoms with E-state index in [-0.39, 0.29) is 28.3 Å². The van der Waals surface area contributed by atoms with Gasteiger partial charge in [-0.15, -0.1) is 11.3 Å². The Bertz CT molecular complexity index is 830. The Morgan fingerprint density at radius 3 is 1.81 bits per heavy atom. The van der Waals surface area contributed by atoms with Gasteiger partial charge in [0.1, 0.15) is 0 Å². The van der Waals surface area contributed by atoms with Gasteiger partial charge in [-0.3, -0.25) is 9.59 Å². The highest BCUT2D eigenvalue weighted by Gasteiger charge is 2.46. The molecule has 2 aliphatic carbocycles. The molecule has 0 saturated heterocycles. The number of rotatable bonds is 1. The third-order valence-corrected chi connectivity index (χ3v) is 6.83. The molecule has 0 amide bonds. The van der Waals surface area contributed by atoms with Gasteiger partial charge >= 0.3 is 0 Å². The second-order valence-electron chi connectivity index (χ2n) is 9.67. The third kappa shape index (κ3) is 2.88. The van der Waals surface area contributed by atoms with Gasteiger partial charge in [0.2, 0.25) is 0 Å². The minimum atomic E-state index is -0.174. The topological polar surface area (TPSA) is 46.2 Å². The molecule has 0 aromatic carbocycles. The summed E-state index contributed by atoms with van der Waals surface area (Å²) in [6.45, 7) is 10.7. The summed E-state index contributed by atoms with van der Waals surface area (Å²) in [5.41, 5.74) is 3.71. The summed E-state index contributed by atoms with van der Waals surface area (Å²) in [4.78, 5) is 28.6.